The molecule has 2 saturated heterocycles. The van der Waals surface area contributed by atoms with E-state index >= 15 is 0 Å². The highest BCUT2D eigenvalue weighted by Crippen LogP contribution is 2.41. The minimum Gasteiger partial charge on any atom is -0.389 e. The van der Waals surface area contributed by atoms with Crippen LogP contribution < -0.4 is 0 Å². The van der Waals surface area contributed by atoms with Crippen LogP contribution in [0.2, 0.25) is 0 Å². The molecule has 2 aliphatic rings. The number of amides is 1. The monoisotopic (exact) mass is 436 g/mol. The van der Waals surface area contributed by atoms with Crippen molar-refractivity contribution in [2.45, 2.75) is 71.4 Å². The van der Waals surface area contributed by atoms with Gasteiger partial charge in [0, 0.05) is 55.5 Å². The summed E-state index contributed by atoms with van der Waals surface area (Å²) in [6, 6.07) is 3.67. The van der Waals surface area contributed by atoms with E-state index in [0.717, 1.165) is 18.9 Å². The molecule has 2 heterocycles. The number of hydrogen-bond donors (Lipinski definition) is 1. The molecule has 0 aliphatic carbocycles. The second kappa shape index (κ2) is 8.78. The van der Waals surface area contributed by atoms with E-state index in [1.54, 1.807) is 0 Å². The van der Waals surface area contributed by atoms with E-state index in [1.165, 1.54) is 12.1 Å². The molecular formula is C25H38F2N2O2. The molecule has 4 nitrogen and oxygen atoms in total. The molecule has 0 spiro atoms. The minimum atomic E-state index is -0.763. The van der Waals surface area contributed by atoms with Crippen molar-refractivity contribution in [1.82, 2.24) is 9.80 Å². The number of likely N-dealkylation sites (tertiary alicyclic amines) is 2. The molecule has 1 aromatic carbocycles. The molecule has 2 unspecified atom stereocenters. The van der Waals surface area contributed by atoms with Gasteiger partial charge in [0.1, 0.15) is 11.6 Å². The largest absolute Gasteiger partial charge is 0.389 e. The van der Waals surface area contributed by atoms with Crippen LogP contribution in [0.4, 0.5) is 8.78 Å². The van der Waals surface area contributed by atoms with Crippen molar-refractivity contribution >= 4 is 5.91 Å². The molecule has 1 N–H and O–H groups in total. The molecule has 0 radical (unpaired) electrons. The zero-order valence-corrected chi connectivity index (χ0v) is 19.8. The summed E-state index contributed by atoms with van der Waals surface area (Å²) in [5.41, 5.74) is -0.513. The fraction of sp³-hybridized carbons (Fsp3) is 0.720. The van der Waals surface area contributed by atoms with E-state index in [9.17, 15) is 18.7 Å². The van der Waals surface area contributed by atoms with Crippen LogP contribution in [0.3, 0.4) is 0 Å². The van der Waals surface area contributed by atoms with Gasteiger partial charge in [-0.05, 0) is 38.8 Å². The Morgan fingerprint density at radius 2 is 1.74 bits per heavy atom. The van der Waals surface area contributed by atoms with Gasteiger partial charge < -0.3 is 10.0 Å². The maximum atomic E-state index is 14.7. The van der Waals surface area contributed by atoms with Crippen molar-refractivity contribution in [2.24, 2.45) is 17.8 Å². The van der Waals surface area contributed by atoms with E-state index in [-0.39, 0.29) is 29.2 Å². The molecule has 1 aromatic rings. The molecule has 4 atom stereocenters. The Bertz CT molecular complexity index is 795. The van der Waals surface area contributed by atoms with E-state index in [0.29, 0.717) is 31.7 Å². The molecule has 0 bridgehead atoms. The van der Waals surface area contributed by atoms with Crippen LogP contribution in [0.25, 0.3) is 0 Å². The molecule has 2 fully saturated rings. The highest BCUT2D eigenvalue weighted by molar-refractivity contribution is 5.81. The van der Waals surface area contributed by atoms with Crippen molar-refractivity contribution in [1.29, 1.82) is 0 Å². The first-order valence-electron chi connectivity index (χ1n) is 11.6. The summed E-state index contributed by atoms with van der Waals surface area (Å²) in [5.74, 6) is -1.95. The molecule has 0 saturated carbocycles. The number of halogens is 2. The number of rotatable bonds is 4. The van der Waals surface area contributed by atoms with E-state index < -0.39 is 23.2 Å². The average Bonchev–Trinajstić information content (AvgIpc) is 3.11. The fourth-order valence-electron chi connectivity index (χ4n) is 5.56. The zero-order valence-electron chi connectivity index (χ0n) is 19.8. The van der Waals surface area contributed by atoms with Crippen LogP contribution in [-0.2, 0) is 4.79 Å². The first kappa shape index (κ1) is 24.1. The highest BCUT2D eigenvalue weighted by atomic mass is 19.1. The summed E-state index contributed by atoms with van der Waals surface area (Å²) < 4.78 is 28.2. The van der Waals surface area contributed by atoms with E-state index in [2.05, 4.69) is 32.6 Å². The lowest BCUT2D eigenvalue weighted by Crippen LogP contribution is -2.58. The van der Waals surface area contributed by atoms with Crippen molar-refractivity contribution in [3.63, 3.8) is 0 Å². The van der Waals surface area contributed by atoms with Gasteiger partial charge in [-0.1, -0.05) is 33.3 Å². The number of aliphatic hydroxyl groups is 1. The van der Waals surface area contributed by atoms with Crippen LogP contribution in [0.15, 0.2) is 18.2 Å². The van der Waals surface area contributed by atoms with Gasteiger partial charge in [-0.2, -0.15) is 0 Å². The van der Waals surface area contributed by atoms with Crippen molar-refractivity contribution in [3.8, 4) is 0 Å². The van der Waals surface area contributed by atoms with E-state index in [1.807, 2.05) is 18.7 Å². The maximum absolute atomic E-state index is 14.7. The highest BCUT2D eigenvalue weighted by Gasteiger charge is 2.49. The van der Waals surface area contributed by atoms with E-state index in [4.69, 9.17) is 0 Å². The summed E-state index contributed by atoms with van der Waals surface area (Å²) >= 11 is 0. The second-order valence-electron chi connectivity index (χ2n) is 10.7. The van der Waals surface area contributed by atoms with Gasteiger partial charge in [0.05, 0.1) is 11.5 Å². The van der Waals surface area contributed by atoms with Crippen LogP contribution in [0, 0.1) is 29.4 Å². The molecule has 1 amide bonds. The van der Waals surface area contributed by atoms with Crippen molar-refractivity contribution in [3.05, 3.63) is 35.4 Å². The smallest absolute Gasteiger partial charge is 0.227 e. The predicted molar refractivity (Wildman–Crippen MR) is 119 cm³/mol. The normalized spacial score (nSPS) is 32.5. The van der Waals surface area contributed by atoms with Gasteiger partial charge in [-0.15, -0.1) is 0 Å². The number of hydrogen-bond acceptors (Lipinski definition) is 3. The van der Waals surface area contributed by atoms with Gasteiger partial charge in [0.2, 0.25) is 5.91 Å². The first-order valence-corrected chi connectivity index (χ1v) is 11.6. The maximum Gasteiger partial charge on any atom is 0.227 e. The summed E-state index contributed by atoms with van der Waals surface area (Å²) in [4.78, 5) is 17.8. The van der Waals surface area contributed by atoms with Crippen LogP contribution in [0.1, 0.15) is 65.9 Å². The third-order valence-electron chi connectivity index (χ3n) is 7.61. The number of benzene rings is 1. The summed E-state index contributed by atoms with van der Waals surface area (Å²) in [7, 11) is 0. The Balaban J connectivity index is 1.88. The molecule has 6 heteroatoms. The lowest BCUT2D eigenvalue weighted by atomic mass is 9.72. The first-order chi connectivity index (χ1) is 14.4. The molecule has 0 aromatic heterocycles. The predicted octanol–water partition coefficient (Wildman–Crippen LogP) is 4.42. The number of nitrogens with zero attached hydrogens (tertiary/aromatic N) is 2. The topological polar surface area (TPSA) is 43.8 Å². The van der Waals surface area contributed by atoms with Gasteiger partial charge in [0.15, 0.2) is 0 Å². The van der Waals surface area contributed by atoms with Crippen molar-refractivity contribution in [2.75, 3.05) is 26.2 Å². The Morgan fingerprint density at radius 1 is 1.13 bits per heavy atom. The average molecular weight is 437 g/mol. The van der Waals surface area contributed by atoms with Gasteiger partial charge >= 0.3 is 0 Å². The lowest BCUT2D eigenvalue weighted by Gasteiger charge is -2.48. The summed E-state index contributed by atoms with van der Waals surface area (Å²) in [6.07, 6.45) is 1.62. The third kappa shape index (κ3) is 4.65. The third-order valence-corrected chi connectivity index (χ3v) is 7.61. The Morgan fingerprint density at radius 3 is 2.26 bits per heavy atom. The molecule has 174 valence electrons. The van der Waals surface area contributed by atoms with Gasteiger partial charge in [-0.3, -0.25) is 9.69 Å². The van der Waals surface area contributed by atoms with Crippen molar-refractivity contribution < 1.29 is 18.7 Å². The Hall–Kier alpha value is -1.53. The van der Waals surface area contributed by atoms with Gasteiger partial charge in [0.25, 0.3) is 0 Å². The number of piperidine rings is 1. The number of carbonyl (C=O) groups is 1. The standard InChI is InChI=1S/C25H38F2N2O2/c1-7-10-25(31)16(2)12-28(13-17(25)3)23(30)21-15-29(24(4,5)6)14-20(21)19-9-8-18(26)11-22(19)27/h8-9,11,16-17,20-21,31H,7,10,12-15H2,1-6H3/t16?,17?,20-,21+,25?/m0/s1. The molecule has 31 heavy (non-hydrogen) atoms. The quantitative estimate of drug-likeness (QED) is 0.760. The molecular weight excluding hydrogens is 398 g/mol. The van der Waals surface area contributed by atoms with Gasteiger partial charge in [-0.25, -0.2) is 8.78 Å². The van der Waals surface area contributed by atoms with Crippen LogP contribution >= 0.6 is 0 Å². The minimum absolute atomic E-state index is 0.0118. The zero-order chi connectivity index (χ0) is 23.1. The Labute approximate surface area is 185 Å². The SMILES string of the molecule is CCCC1(O)C(C)CN(C(=O)[C@@H]2CN(C(C)(C)C)C[C@H]2c2ccc(F)cc2F)CC1C. The second-order valence-corrected chi connectivity index (χ2v) is 10.7. The molecule has 2 aliphatic heterocycles. The summed E-state index contributed by atoms with van der Waals surface area (Å²) in [6.45, 7) is 14.5. The summed E-state index contributed by atoms with van der Waals surface area (Å²) in [5, 5.41) is 11.2. The van der Waals surface area contributed by atoms with Crippen LogP contribution in [0.5, 0.6) is 0 Å². The fourth-order valence-corrected chi connectivity index (χ4v) is 5.56. The Kier molecular flexibility index (Phi) is 6.83. The number of carbonyl (C=O) groups excluding carboxylic acids is 1. The lowest BCUT2D eigenvalue weighted by molar-refractivity contribution is -0.152. The molecule has 3 rings (SSSR count). The van der Waals surface area contributed by atoms with Crippen LogP contribution in [-0.4, -0.2) is 58.1 Å².